The van der Waals surface area contributed by atoms with Gasteiger partial charge in [0.2, 0.25) is 0 Å². The third-order valence-electron chi connectivity index (χ3n) is 10.3. The Balaban J connectivity index is 0.948. The lowest BCUT2D eigenvalue weighted by Crippen LogP contribution is -1.96. The highest BCUT2D eigenvalue weighted by Gasteiger charge is 2.14. The van der Waals surface area contributed by atoms with Gasteiger partial charge < -0.3 is 0 Å². The molecule has 10 rings (SSSR count). The average molecular weight is 716 g/mol. The molecular weight excluding hydrogens is 683 g/mol. The number of hydrogen-bond donors (Lipinski definition) is 0. The van der Waals surface area contributed by atoms with Crippen LogP contribution in [0.15, 0.2) is 201 Å². The van der Waals surface area contributed by atoms with Crippen molar-refractivity contribution in [1.29, 1.82) is 0 Å². The molecule has 0 aliphatic rings. The molecule has 0 bridgehead atoms. The molecule has 10 aromatic rings. The van der Waals surface area contributed by atoms with E-state index in [1.54, 1.807) is 0 Å². The fourth-order valence-corrected chi connectivity index (χ4v) is 7.35. The van der Waals surface area contributed by atoms with Gasteiger partial charge in [0.05, 0.1) is 28.3 Å². The van der Waals surface area contributed by atoms with Gasteiger partial charge in [-0.05, 0) is 69.6 Å². The number of aromatic nitrogens is 5. The van der Waals surface area contributed by atoms with E-state index in [0.29, 0.717) is 5.82 Å². The van der Waals surface area contributed by atoms with Crippen molar-refractivity contribution in [2.45, 2.75) is 0 Å². The van der Waals surface area contributed by atoms with Gasteiger partial charge in [-0.15, -0.1) is 0 Å². The maximum absolute atomic E-state index is 5.05. The van der Waals surface area contributed by atoms with Crippen LogP contribution in [0, 0.1) is 0 Å². The Hall–Kier alpha value is -7.63. The standard InChI is InChI=1S/C51H33N5/c1-2-9-39(10-3-1)51-55-48(37-21-17-34(18-22-37)36-27-29-52-30-28-36)32-49(56-51)38-23-19-35(20-24-38)40-11-8-12-41(31-40)42-25-26-47(53-33-42)50-45-15-5-4-13-43(45)44-14-6-7-16-46(44)54-50/h1-33H. The first kappa shape index (κ1) is 33.0. The second-order valence-corrected chi connectivity index (χ2v) is 13.8. The SMILES string of the molecule is c1ccc(-c2nc(-c3ccc(-c4ccncc4)cc3)cc(-c3ccc(-c4cccc(-c5ccc(-c6nc7ccccc7c7ccccc67)nc5)c4)cc3)n2)cc1. The predicted octanol–water partition coefficient (Wildman–Crippen LogP) is 12.6. The summed E-state index contributed by atoms with van der Waals surface area (Å²) in [5, 5.41) is 3.43. The molecule has 0 spiro atoms. The predicted molar refractivity (Wildman–Crippen MR) is 228 cm³/mol. The summed E-state index contributed by atoms with van der Waals surface area (Å²) in [5.41, 5.74) is 14.1. The first-order valence-electron chi connectivity index (χ1n) is 18.6. The summed E-state index contributed by atoms with van der Waals surface area (Å²) < 4.78 is 0. The number of para-hydroxylation sites is 1. The molecule has 56 heavy (non-hydrogen) atoms. The summed E-state index contributed by atoms with van der Waals surface area (Å²) in [6, 6.07) is 63.0. The second-order valence-electron chi connectivity index (χ2n) is 13.8. The van der Waals surface area contributed by atoms with Gasteiger partial charge in [0.1, 0.15) is 0 Å². The second kappa shape index (κ2) is 14.3. The summed E-state index contributed by atoms with van der Waals surface area (Å²) in [7, 11) is 0. The van der Waals surface area contributed by atoms with Crippen LogP contribution in [0.2, 0.25) is 0 Å². The van der Waals surface area contributed by atoms with Crippen LogP contribution in [0.4, 0.5) is 0 Å². The van der Waals surface area contributed by atoms with E-state index in [-0.39, 0.29) is 0 Å². The topological polar surface area (TPSA) is 64.5 Å². The zero-order valence-electron chi connectivity index (χ0n) is 30.3. The van der Waals surface area contributed by atoms with Gasteiger partial charge in [-0.1, -0.05) is 146 Å². The summed E-state index contributed by atoms with van der Waals surface area (Å²) in [4.78, 5) is 24.2. The van der Waals surface area contributed by atoms with E-state index in [0.717, 1.165) is 89.1 Å². The van der Waals surface area contributed by atoms with Crippen LogP contribution in [0.5, 0.6) is 0 Å². The van der Waals surface area contributed by atoms with Gasteiger partial charge in [-0.3, -0.25) is 9.97 Å². The van der Waals surface area contributed by atoms with E-state index >= 15 is 0 Å². The van der Waals surface area contributed by atoms with Gasteiger partial charge >= 0.3 is 0 Å². The minimum atomic E-state index is 0.692. The highest BCUT2D eigenvalue weighted by atomic mass is 14.9. The van der Waals surface area contributed by atoms with Crippen molar-refractivity contribution in [3.05, 3.63) is 201 Å². The van der Waals surface area contributed by atoms with Crippen molar-refractivity contribution in [2.75, 3.05) is 0 Å². The number of rotatable bonds is 7. The van der Waals surface area contributed by atoms with Gasteiger partial charge in [-0.2, -0.15) is 0 Å². The van der Waals surface area contributed by atoms with E-state index < -0.39 is 0 Å². The van der Waals surface area contributed by atoms with E-state index in [2.05, 4.69) is 151 Å². The van der Waals surface area contributed by atoms with E-state index in [4.69, 9.17) is 19.9 Å². The molecule has 4 heterocycles. The highest BCUT2D eigenvalue weighted by Crippen LogP contribution is 2.34. The van der Waals surface area contributed by atoms with E-state index in [1.807, 2.05) is 55.0 Å². The Morgan fingerprint density at radius 3 is 1.52 bits per heavy atom. The van der Waals surface area contributed by atoms with Crippen LogP contribution >= 0.6 is 0 Å². The normalized spacial score (nSPS) is 11.2. The van der Waals surface area contributed by atoms with E-state index in [9.17, 15) is 0 Å². The van der Waals surface area contributed by atoms with Gasteiger partial charge in [0.25, 0.3) is 0 Å². The molecule has 0 aliphatic carbocycles. The molecule has 0 saturated heterocycles. The Morgan fingerprint density at radius 2 is 0.839 bits per heavy atom. The van der Waals surface area contributed by atoms with Crippen molar-refractivity contribution in [2.24, 2.45) is 0 Å². The van der Waals surface area contributed by atoms with Crippen LogP contribution in [-0.2, 0) is 0 Å². The van der Waals surface area contributed by atoms with Gasteiger partial charge in [-0.25, -0.2) is 15.0 Å². The number of pyridine rings is 3. The smallest absolute Gasteiger partial charge is 0.160 e. The molecule has 0 aliphatic heterocycles. The molecule has 0 saturated carbocycles. The molecule has 0 atom stereocenters. The fraction of sp³-hybridized carbons (Fsp3) is 0. The molecule has 0 unspecified atom stereocenters. The molecule has 0 fully saturated rings. The molecule has 0 amide bonds. The third-order valence-corrected chi connectivity index (χ3v) is 10.3. The Bertz CT molecular complexity index is 2980. The quantitative estimate of drug-likeness (QED) is 0.154. The minimum absolute atomic E-state index is 0.692. The number of nitrogens with zero attached hydrogens (tertiary/aromatic N) is 5. The Kier molecular flexibility index (Phi) is 8.43. The highest BCUT2D eigenvalue weighted by molar-refractivity contribution is 6.10. The fourth-order valence-electron chi connectivity index (χ4n) is 7.35. The lowest BCUT2D eigenvalue weighted by atomic mass is 9.97. The Labute approximate surface area is 324 Å². The maximum atomic E-state index is 5.05. The van der Waals surface area contributed by atoms with Crippen LogP contribution in [0.1, 0.15) is 0 Å². The summed E-state index contributed by atoms with van der Waals surface area (Å²) in [6.07, 6.45) is 5.58. The van der Waals surface area contributed by atoms with Gasteiger partial charge in [0.15, 0.2) is 5.82 Å². The van der Waals surface area contributed by atoms with Crippen molar-refractivity contribution < 1.29 is 0 Å². The van der Waals surface area contributed by atoms with Crippen LogP contribution in [0.3, 0.4) is 0 Å². The molecule has 262 valence electrons. The van der Waals surface area contributed by atoms with Crippen LogP contribution < -0.4 is 0 Å². The summed E-state index contributed by atoms with van der Waals surface area (Å²) in [5.74, 6) is 0.692. The molecule has 5 nitrogen and oxygen atoms in total. The molecular formula is C51H33N5. The Morgan fingerprint density at radius 1 is 0.304 bits per heavy atom. The first-order valence-corrected chi connectivity index (χ1v) is 18.6. The molecule has 4 aromatic heterocycles. The van der Waals surface area contributed by atoms with Gasteiger partial charge in [0, 0.05) is 51.6 Å². The lowest BCUT2D eigenvalue weighted by molar-refractivity contribution is 1.18. The average Bonchev–Trinajstić information content (AvgIpc) is 3.29. The number of hydrogen-bond acceptors (Lipinski definition) is 5. The molecule has 0 N–H and O–H groups in total. The van der Waals surface area contributed by atoms with Crippen LogP contribution in [0.25, 0.3) is 100 Å². The zero-order valence-corrected chi connectivity index (χ0v) is 30.3. The molecule has 6 aromatic carbocycles. The van der Waals surface area contributed by atoms with Crippen molar-refractivity contribution in [3.8, 4) is 78.7 Å². The maximum Gasteiger partial charge on any atom is 0.160 e. The zero-order chi connectivity index (χ0) is 37.3. The molecule has 5 heteroatoms. The minimum Gasteiger partial charge on any atom is -0.265 e. The first-order chi connectivity index (χ1) is 27.7. The monoisotopic (exact) mass is 715 g/mol. The van der Waals surface area contributed by atoms with E-state index in [1.165, 1.54) is 5.39 Å². The van der Waals surface area contributed by atoms with Crippen molar-refractivity contribution in [1.82, 2.24) is 24.9 Å². The lowest BCUT2D eigenvalue weighted by Gasteiger charge is -2.11. The largest absolute Gasteiger partial charge is 0.265 e. The number of fused-ring (bicyclic) bond motifs is 3. The summed E-state index contributed by atoms with van der Waals surface area (Å²) in [6.45, 7) is 0. The third kappa shape index (κ3) is 6.37. The number of benzene rings is 6. The van der Waals surface area contributed by atoms with Crippen LogP contribution in [-0.4, -0.2) is 24.9 Å². The van der Waals surface area contributed by atoms with Crippen molar-refractivity contribution in [3.63, 3.8) is 0 Å². The molecule has 0 radical (unpaired) electrons. The van der Waals surface area contributed by atoms with Crippen molar-refractivity contribution >= 4 is 21.7 Å². The summed E-state index contributed by atoms with van der Waals surface area (Å²) >= 11 is 0.